The lowest BCUT2D eigenvalue weighted by Crippen LogP contribution is -2.10. The number of hydrogen-bond donors (Lipinski definition) is 0. The summed E-state index contributed by atoms with van der Waals surface area (Å²) in [5.74, 6) is 15.7. The summed E-state index contributed by atoms with van der Waals surface area (Å²) in [6.07, 6.45) is 29.8. The molecule has 0 aromatic rings. The highest BCUT2D eigenvalue weighted by Crippen LogP contribution is 2.43. The fourth-order valence-electron chi connectivity index (χ4n) is 6.40. The molecule has 4 fully saturated rings. The van der Waals surface area contributed by atoms with Crippen molar-refractivity contribution in [2.45, 2.75) is 128 Å². The van der Waals surface area contributed by atoms with Gasteiger partial charge in [-0.2, -0.15) is 0 Å². The Morgan fingerprint density at radius 1 is 0.300 bits per heavy atom. The van der Waals surface area contributed by atoms with Crippen molar-refractivity contribution in [2.24, 2.45) is 23.7 Å². The molecule has 4 aliphatic carbocycles. The van der Waals surface area contributed by atoms with Crippen LogP contribution in [0.4, 0.5) is 0 Å². The van der Waals surface area contributed by atoms with Gasteiger partial charge in [0.1, 0.15) is 0 Å². The molecule has 2 unspecified atom stereocenters. The van der Waals surface area contributed by atoms with Crippen molar-refractivity contribution < 1.29 is 0 Å². The van der Waals surface area contributed by atoms with Gasteiger partial charge in [-0.1, -0.05) is 114 Å². The van der Waals surface area contributed by atoms with E-state index >= 15 is 0 Å². The van der Waals surface area contributed by atoms with E-state index in [1.165, 1.54) is 128 Å². The minimum Gasteiger partial charge on any atom is -0.0847 e. The van der Waals surface area contributed by atoms with Crippen molar-refractivity contribution in [1.29, 1.82) is 0 Å². The van der Waals surface area contributed by atoms with Gasteiger partial charge in [-0.05, 0) is 75.0 Å². The van der Waals surface area contributed by atoms with Gasteiger partial charge in [-0.25, -0.2) is 0 Å². The lowest BCUT2D eigenvalue weighted by atomic mass is 9.91. The van der Waals surface area contributed by atoms with Crippen molar-refractivity contribution in [3.63, 3.8) is 0 Å². The molecule has 0 radical (unpaired) electrons. The Morgan fingerprint density at radius 3 is 0.700 bits per heavy atom. The molecule has 4 saturated carbocycles. The average molecular weight is 447 g/mol. The SMILES string of the molecule is C(/C1CCCCC1)=P(=C\C1CCCCC1)/P(=C\C1CCCCC1)=C/C1CCCCC1. The fourth-order valence-corrected chi connectivity index (χ4v) is 14.2. The summed E-state index contributed by atoms with van der Waals surface area (Å²) in [4.78, 5) is 0. The molecule has 0 heterocycles. The summed E-state index contributed by atoms with van der Waals surface area (Å²) in [6.45, 7) is -0.0316. The minimum absolute atomic E-state index is 0.0158. The lowest BCUT2D eigenvalue weighted by Gasteiger charge is -2.23. The summed E-state index contributed by atoms with van der Waals surface area (Å²) in [5, 5.41) is 0. The molecule has 2 heteroatoms. The van der Waals surface area contributed by atoms with Gasteiger partial charge in [0.25, 0.3) is 0 Å². The molecule has 2 atom stereocenters. The zero-order valence-electron chi connectivity index (χ0n) is 19.7. The van der Waals surface area contributed by atoms with Crippen LogP contribution in [-0.4, -0.2) is 23.2 Å². The average Bonchev–Trinajstić information content (AvgIpc) is 2.81. The first-order valence-corrected chi connectivity index (χ1v) is 17.5. The van der Waals surface area contributed by atoms with Crippen LogP contribution in [0, 0.1) is 23.7 Å². The predicted octanol–water partition coefficient (Wildman–Crippen LogP) is 9.40. The topological polar surface area (TPSA) is 0 Å². The lowest BCUT2D eigenvalue weighted by molar-refractivity contribution is 0.446. The van der Waals surface area contributed by atoms with Gasteiger partial charge in [0.05, 0.1) is 0 Å². The highest BCUT2D eigenvalue weighted by Gasteiger charge is 2.16. The predicted molar refractivity (Wildman–Crippen MR) is 144 cm³/mol. The molecule has 0 nitrogen and oxygen atoms in total. The van der Waals surface area contributed by atoms with Gasteiger partial charge in [-0.3, -0.25) is 0 Å². The Balaban J connectivity index is 1.68. The van der Waals surface area contributed by atoms with Crippen LogP contribution in [0.5, 0.6) is 0 Å². The molecule has 0 aromatic heterocycles. The van der Waals surface area contributed by atoms with E-state index < -0.39 is 0 Å². The molecule has 0 aliphatic heterocycles. The molecule has 30 heavy (non-hydrogen) atoms. The second-order valence-corrected chi connectivity index (χ2v) is 16.4. The van der Waals surface area contributed by atoms with Crippen molar-refractivity contribution in [1.82, 2.24) is 0 Å². The molecular formula is C28H48P2. The maximum absolute atomic E-state index is 2.98. The van der Waals surface area contributed by atoms with Crippen LogP contribution in [0.3, 0.4) is 0 Å². The van der Waals surface area contributed by atoms with Gasteiger partial charge in [0, 0.05) is 0 Å². The van der Waals surface area contributed by atoms with Gasteiger partial charge in [0.15, 0.2) is 0 Å². The summed E-state index contributed by atoms with van der Waals surface area (Å²) in [7, 11) is 0. The molecule has 0 aromatic carbocycles. The second-order valence-electron chi connectivity index (χ2n) is 10.9. The highest BCUT2D eigenvalue weighted by molar-refractivity contribution is 8.25. The number of hydrogen-bond acceptors (Lipinski definition) is 0. The second kappa shape index (κ2) is 12.9. The zero-order chi connectivity index (χ0) is 20.4. The van der Waals surface area contributed by atoms with Crippen LogP contribution in [0.15, 0.2) is 0 Å². The van der Waals surface area contributed by atoms with Crippen molar-refractivity contribution in [3.05, 3.63) is 0 Å². The maximum Gasteiger partial charge on any atom is -0.0187 e. The largest absolute Gasteiger partial charge is 0.0847 e. The summed E-state index contributed by atoms with van der Waals surface area (Å²) in [5.41, 5.74) is 0. The van der Waals surface area contributed by atoms with E-state index in [1.54, 1.807) is 0 Å². The molecule has 0 N–H and O–H groups in total. The first kappa shape index (κ1) is 23.2. The van der Waals surface area contributed by atoms with E-state index in [0.717, 1.165) is 23.7 Å². The Labute approximate surface area is 188 Å². The van der Waals surface area contributed by atoms with Crippen LogP contribution in [0.1, 0.15) is 128 Å². The molecule has 0 bridgehead atoms. The molecule has 4 rings (SSSR count). The third-order valence-corrected chi connectivity index (χ3v) is 15.0. The van der Waals surface area contributed by atoms with E-state index in [1.807, 2.05) is 0 Å². The van der Waals surface area contributed by atoms with Gasteiger partial charge >= 0.3 is 0 Å². The maximum atomic E-state index is 2.98. The Bertz CT molecular complexity index is 551. The molecule has 0 saturated heterocycles. The molecule has 0 amide bonds. The van der Waals surface area contributed by atoms with Crippen LogP contribution < -0.4 is 0 Å². The third kappa shape index (κ3) is 7.59. The first-order chi connectivity index (χ1) is 14.9. The van der Waals surface area contributed by atoms with Gasteiger partial charge in [-0.15, -0.1) is 0 Å². The monoisotopic (exact) mass is 446 g/mol. The van der Waals surface area contributed by atoms with Crippen LogP contribution in [-0.2, 0) is 0 Å². The van der Waals surface area contributed by atoms with Gasteiger partial charge < -0.3 is 0 Å². The standard InChI is InChI=1S/C28H48P2/c1-5-13-25(14-6-1)21-29(22-26-15-7-2-8-16-26)30(23-27-17-9-3-10-18-27)24-28-19-11-4-12-20-28/h21-28H,1-20H2. The highest BCUT2D eigenvalue weighted by atomic mass is 32.0. The third-order valence-electron chi connectivity index (χ3n) is 8.32. The zero-order valence-corrected chi connectivity index (χ0v) is 21.4. The first-order valence-electron chi connectivity index (χ1n) is 13.8. The van der Waals surface area contributed by atoms with Crippen molar-refractivity contribution in [2.75, 3.05) is 0 Å². The Hall–Kier alpha value is 0.0800. The van der Waals surface area contributed by atoms with Crippen LogP contribution >= 0.6 is 13.7 Å². The van der Waals surface area contributed by atoms with E-state index in [4.69, 9.17) is 0 Å². The Morgan fingerprint density at radius 2 is 0.500 bits per heavy atom. The quantitative estimate of drug-likeness (QED) is 0.369. The number of rotatable bonds is 5. The summed E-state index contributed by atoms with van der Waals surface area (Å²) < 4.78 is 0. The molecule has 170 valence electrons. The Kier molecular flexibility index (Phi) is 10.0. The van der Waals surface area contributed by atoms with Crippen LogP contribution in [0.25, 0.3) is 0 Å². The van der Waals surface area contributed by atoms with E-state index in [2.05, 4.69) is 23.2 Å². The van der Waals surface area contributed by atoms with Crippen LogP contribution in [0.2, 0.25) is 0 Å². The summed E-state index contributed by atoms with van der Waals surface area (Å²) >= 11 is 0. The molecule has 4 aliphatic rings. The van der Waals surface area contributed by atoms with Crippen molar-refractivity contribution >= 4 is 36.9 Å². The normalized spacial score (nSPS) is 27.7. The smallest absolute Gasteiger partial charge is 0.0187 e. The van der Waals surface area contributed by atoms with Crippen molar-refractivity contribution in [3.8, 4) is 0 Å². The minimum atomic E-state index is -0.0158. The fraction of sp³-hybridized carbons (Fsp3) is 0.857. The van der Waals surface area contributed by atoms with E-state index in [-0.39, 0.29) is 13.7 Å². The molecule has 0 spiro atoms. The molecular weight excluding hydrogens is 398 g/mol. The van der Waals surface area contributed by atoms with E-state index in [0.29, 0.717) is 0 Å². The summed E-state index contributed by atoms with van der Waals surface area (Å²) in [6, 6.07) is 0. The van der Waals surface area contributed by atoms with E-state index in [9.17, 15) is 0 Å². The van der Waals surface area contributed by atoms with Gasteiger partial charge in [0.2, 0.25) is 0 Å².